The molecule has 3 rings (SSSR count). The molecule has 1 fully saturated rings. The van der Waals surface area contributed by atoms with E-state index in [0.717, 1.165) is 6.26 Å². The highest BCUT2D eigenvalue weighted by atomic mass is 32.2. The van der Waals surface area contributed by atoms with E-state index < -0.39 is 9.84 Å². The van der Waals surface area contributed by atoms with Crippen LogP contribution in [0.1, 0.15) is 6.92 Å². The fourth-order valence-corrected chi connectivity index (χ4v) is 3.17. The molecule has 22 heavy (non-hydrogen) atoms. The predicted octanol–water partition coefficient (Wildman–Crippen LogP) is 0.659. The maximum atomic E-state index is 11.9. The lowest BCUT2D eigenvalue weighted by Gasteiger charge is -2.18. The van der Waals surface area contributed by atoms with Crippen molar-refractivity contribution in [3.8, 4) is 0 Å². The predicted molar refractivity (Wildman–Crippen MR) is 82.2 cm³/mol. The largest absolute Gasteiger partial charge is 0.329 e. The number of anilines is 1. The monoisotopic (exact) mass is 320 g/mol. The van der Waals surface area contributed by atoms with Crippen molar-refractivity contribution in [3.63, 3.8) is 0 Å². The first-order valence-corrected chi connectivity index (χ1v) is 8.77. The smallest absolute Gasteiger partial charge is 0.243 e. The minimum absolute atomic E-state index is 0.0357. The van der Waals surface area contributed by atoms with Crippen LogP contribution < -0.4 is 4.90 Å². The maximum absolute atomic E-state index is 11.9. The van der Waals surface area contributed by atoms with Gasteiger partial charge in [0.1, 0.15) is 18.7 Å². The van der Waals surface area contributed by atoms with Gasteiger partial charge < -0.3 is 9.80 Å². The van der Waals surface area contributed by atoms with Gasteiger partial charge in [0.15, 0.2) is 9.84 Å². The second-order valence-corrected chi connectivity index (χ2v) is 7.25. The molecule has 1 aromatic carbocycles. The summed E-state index contributed by atoms with van der Waals surface area (Å²) < 4.78 is 23.5. The van der Waals surface area contributed by atoms with Crippen molar-refractivity contribution in [1.29, 1.82) is 0 Å². The fraction of sp³-hybridized carbons (Fsp3) is 0.357. The molecule has 2 aromatic rings. The van der Waals surface area contributed by atoms with Crippen molar-refractivity contribution in [2.45, 2.75) is 11.8 Å². The standard InChI is InChI=1S/C14H16N4O3S/c1-3-17-9-18(7-13(17)19)14-11-6-10(22(2,20)21)4-5-12(11)15-8-16-14/h4-6,8H,3,7,9H2,1-2H3. The van der Waals surface area contributed by atoms with Gasteiger partial charge in [-0.15, -0.1) is 0 Å². The number of sulfone groups is 1. The molecule has 0 unspecified atom stereocenters. The van der Waals surface area contributed by atoms with Crippen LogP contribution in [0.15, 0.2) is 29.4 Å². The summed E-state index contributed by atoms with van der Waals surface area (Å²) in [6, 6.07) is 4.76. The Morgan fingerprint density at radius 2 is 2.05 bits per heavy atom. The number of likely N-dealkylation sites (N-methyl/N-ethyl adjacent to an activating group) is 1. The first-order valence-electron chi connectivity index (χ1n) is 6.87. The number of hydrogen-bond donors (Lipinski definition) is 0. The van der Waals surface area contributed by atoms with Crippen LogP contribution >= 0.6 is 0 Å². The average molecular weight is 320 g/mol. The first kappa shape index (κ1) is 14.7. The van der Waals surface area contributed by atoms with Gasteiger partial charge in [0.2, 0.25) is 5.91 Å². The SMILES string of the molecule is CCN1CN(c2ncnc3ccc(S(C)(=O)=O)cc23)CC1=O. The van der Waals surface area contributed by atoms with E-state index in [9.17, 15) is 13.2 Å². The Kier molecular flexibility index (Phi) is 3.48. The van der Waals surface area contributed by atoms with Crippen molar-refractivity contribution in [3.05, 3.63) is 24.5 Å². The summed E-state index contributed by atoms with van der Waals surface area (Å²) in [6.45, 7) is 3.24. The summed E-state index contributed by atoms with van der Waals surface area (Å²) in [4.78, 5) is 24.1. The van der Waals surface area contributed by atoms with E-state index >= 15 is 0 Å². The number of aromatic nitrogens is 2. The Balaban J connectivity index is 2.12. The summed E-state index contributed by atoms with van der Waals surface area (Å²) in [5.74, 6) is 0.619. The van der Waals surface area contributed by atoms with Gasteiger partial charge in [0.05, 0.1) is 17.1 Å². The van der Waals surface area contributed by atoms with Crippen LogP contribution in [0.3, 0.4) is 0 Å². The number of carbonyl (C=O) groups excluding carboxylic acids is 1. The van der Waals surface area contributed by atoms with Crippen molar-refractivity contribution < 1.29 is 13.2 Å². The molecule has 7 nitrogen and oxygen atoms in total. The van der Waals surface area contributed by atoms with Crippen molar-refractivity contribution in [1.82, 2.24) is 14.9 Å². The van der Waals surface area contributed by atoms with Gasteiger partial charge in [-0.3, -0.25) is 4.79 Å². The van der Waals surface area contributed by atoms with E-state index in [1.165, 1.54) is 12.4 Å². The third-order valence-corrected chi connectivity index (χ3v) is 4.83. The number of carbonyl (C=O) groups is 1. The Hall–Kier alpha value is -2.22. The number of rotatable bonds is 3. The number of fused-ring (bicyclic) bond motifs is 1. The molecule has 1 aromatic heterocycles. The molecule has 1 aliphatic heterocycles. The van der Waals surface area contributed by atoms with Crippen LogP contribution in [0.5, 0.6) is 0 Å². The van der Waals surface area contributed by atoms with Crippen molar-refractivity contribution in [2.24, 2.45) is 0 Å². The second kappa shape index (κ2) is 5.20. The van der Waals surface area contributed by atoms with E-state index in [1.807, 2.05) is 11.8 Å². The van der Waals surface area contributed by atoms with Gasteiger partial charge >= 0.3 is 0 Å². The Bertz CT molecular complexity index is 850. The lowest BCUT2D eigenvalue weighted by molar-refractivity contribution is -0.126. The highest BCUT2D eigenvalue weighted by Gasteiger charge is 2.28. The van der Waals surface area contributed by atoms with Gasteiger partial charge in [0, 0.05) is 18.2 Å². The summed E-state index contributed by atoms with van der Waals surface area (Å²) in [7, 11) is -3.31. The molecule has 0 bridgehead atoms. The molecule has 116 valence electrons. The van der Waals surface area contributed by atoms with E-state index in [-0.39, 0.29) is 17.3 Å². The average Bonchev–Trinajstić information content (AvgIpc) is 2.86. The Labute approximate surface area is 128 Å². The fourth-order valence-electron chi connectivity index (χ4n) is 2.52. The molecule has 1 aliphatic rings. The molecule has 2 heterocycles. The molecule has 0 spiro atoms. The van der Waals surface area contributed by atoms with Crippen molar-refractivity contribution in [2.75, 3.05) is 30.9 Å². The molecule has 1 saturated heterocycles. The first-order chi connectivity index (χ1) is 10.4. The quantitative estimate of drug-likeness (QED) is 0.826. The number of nitrogens with zero attached hydrogens (tertiary/aromatic N) is 4. The Morgan fingerprint density at radius 1 is 1.27 bits per heavy atom. The van der Waals surface area contributed by atoms with Crippen LogP contribution in [-0.4, -0.2) is 55.2 Å². The van der Waals surface area contributed by atoms with Crippen molar-refractivity contribution >= 4 is 32.5 Å². The van der Waals surface area contributed by atoms with Gasteiger partial charge in [-0.1, -0.05) is 0 Å². The van der Waals surface area contributed by atoms with Crippen LogP contribution in [0.25, 0.3) is 10.9 Å². The second-order valence-electron chi connectivity index (χ2n) is 5.24. The van der Waals surface area contributed by atoms with Crippen LogP contribution in [0.4, 0.5) is 5.82 Å². The molecule has 1 amide bonds. The number of benzene rings is 1. The zero-order valence-electron chi connectivity index (χ0n) is 12.4. The molecular weight excluding hydrogens is 304 g/mol. The van der Waals surface area contributed by atoms with Gasteiger partial charge in [-0.2, -0.15) is 0 Å². The molecule has 0 saturated carbocycles. The molecular formula is C14H16N4O3S. The number of amides is 1. The summed E-state index contributed by atoms with van der Waals surface area (Å²) in [5, 5.41) is 0.635. The molecule has 0 aliphatic carbocycles. The highest BCUT2D eigenvalue weighted by Crippen LogP contribution is 2.27. The summed E-state index contributed by atoms with van der Waals surface area (Å²) in [6.07, 6.45) is 2.59. The van der Waals surface area contributed by atoms with E-state index in [2.05, 4.69) is 9.97 Å². The Morgan fingerprint density at radius 3 is 2.68 bits per heavy atom. The zero-order valence-corrected chi connectivity index (χ0v) is 13.2. The van der Waals surface area contributed by atoms with E-state index in [4.69, 9.17) is 0 Å². The number of hydrogen-bond acceptors (Lipinski definition) is 6. The third-order valence-electron chi connectivity index (χ3n) is 3.72. The van der Waals surface area contributed by atoms with E-state index in [1.54, 1.807) is 17.0 Å². The van der Waals surface area contributed by atoms with E-state index in [0.29, 0.717) is 29.9 Å². The highest BCUT2D eigenvalue weighted by molar-refractivity contribution is 7.90. The molecule has 0 atom stereocenters. The lowest BCUT2D eigenvalue weighted by Crippen LogP contribution is -2.27. The maximum Gasteiger partial charge on any atom is 0.243 e. The molecule has 0 radical (unpaired) electrons. The minimum atomic E-state index is -3.31. The van der Waals surface area contributed by atoms with Crippen LogP contribution in [-0.2, 0) is 14.6 Å². The zero-order chi connectivity index (χ0) is 15.9. The van der Waals surface area contributed by atoms with Gasteiger partial charge in [-0.25, -0.2) is 18.4 Å². The molecule has 8 heteroatoms. The summed E-state index contributed by atoms with van der Waals surface area (Å²) >= 11 is 0. The third kappa shape index (κ3) is 2.50. The summed E-state index contributed by atoms with van der Waals surface area (Å²) in [5.41, 5.74) is 0.653. The topological polar surface area (TPSA) is 83.5 Å². The molecule has 0 N–H and O–H groups in total. The minimum Gasteiger partial charge on any atom is -0.329 e. The van der Waals surface area contributed by atoms with Gasteiger partial charge in [0.25, 0.3) is 0 Å². The lowest BCUT2D eigenvalue weighted by atomic mass is 10.2. The van der Waals surface area contributed by atoms with Gasteiger partial charge in [-0.05, 0) is 25.1 Å². The normalized spacial score (nSPS) is 15.8. The van der Waals surface area contributed by atoms with Crippen LogP contribution in [0.2, 0.25) is 0 Å². The van der Waals surface area contributed by atoms with Crippen LogP contribution in [0, 0.1) is 0 Å².